The summed E-state index contributed by atoms with van der Waals surface area (Å²) in [7, 11) is 1.38. The van der Waals surface area contributed by atoms with Gasteiger partial charge in [-0.05, 0) is 32.0 Å². The number of carbonyl (C=O) groups excluding carboxylic acids is 1. The third kappa shape index (κ3) is 2.76. The smallest absolute Gasteiger partial charge is 0.337 e. The van der Waals surface area contributed by atoms with E-state index >= 15 is 0 Å². The minimum Gasteiger partial charge on any atom is -0.465 e. The number of nitrogens with one attached hydrogen (secondary N) is 1. The van der Waals surface area contributed by atoms with E-state index in [1.54, 1.807) is 12.1 Å². The van der Waals surface area contributed by atoms with Crippen LogP contribution in [0.25, 0.3) is 0 Å². The number of ether oxygens (including phenoxy) is 1. The van der Waals surface area contributed by atoms with Gasteiger partial charge in [-0.2, -0.15) is 0 Å². The number of carbonyl (C=O) groups is 1. The van der Waals surface area contributed by atoms with E-state index in [0.717, 1.165) is 5.69 Å². The van der Waals surface area contributed by atoms with Crippen LogP contribution >= 0.6 is 0 Å². The molecular formula is C11H15NO2. The predicted molar refractivity (Wildman–Crippen MR) is 56.5 cm³/mol. The van der Waals surface area contributed by atoms with Crippen LogP contribution in [0.2, 0.25) is 0 Å². The Bertz CT molecular complexity index is 321. The van der Waals surface area contributed by atoms with Crippen molar-refractivity contribution in [3.63, 3.8) is 0 Å². The summed E-state index contributed by atoms with van der Waals surface area (Å²) in [6.07, 6.45) is 0. The fraction of sp³-hybridized carbons (Fsp3) is 0.364. The first-order valence-corrected chi connectivity index (χ1v) is 4.58. The molecule has 1 aromatic rings. The molecule has 0 atom stereocenters. The lowest BCUT2D eigenvalue weighted by Gasteiger charge is -2.10. The molecule has 0 bridgehead atoms. The number of hydrogen-bond donors (Lipinski definition) is 1. The van der Waals surface area contributed by atoms with Crippen molar-refractivity contribution in [2.75, 3.05) is 12.4 Å². The van der Waals surface area contributed by atoms with Crippen molar-refractivity contribution in [3.05, 3.63) is 29.8 Å². The predicted octanol–water partition coefficient (Wildman–Crippen LogP) is 2.29. The maximum Gasteiger partial charge on any atom is 0.337 e. The Morgan fingerprint density at radius 3 is 2.71 bits per heavy atom. The van der Waals surface area contributed by atoms with E-state index in [4.69, 9.17) is 0 Å². The molecule has 1 N–H and O–H groups in total. The van der Waals surface area contributed by atoms with Crippen molar-refractivity contribution in [3.8, 4) is 0 Å². The molecule has 0 saturated carbocycles. The summed E-state index contributed by atoms with van der Waals surface area (Å²) >= 11 is 0. The fourth-order valence-electron chi connectivity index (χ4n) is 1.19. The van der Waals surface area contributed by atoms with E-state index in [9.17, 15) is 4.79 Å². The molecule has 0 aliphatic heterocycles. The van der Waals surface area contributed by atoms with Gasteiger partial charge in [-0.15, -0.1) is 0 Å². The van der Waals surface area contributed by atoms with Crippen molar-refractivity contribution in [1.29, 1.82) is 0 Å². The Morgan fingerprint density at radius 1 is 1.43 bits per heavy atom. The second-order valence-electron chi connectivity index (χ2n) is 3.37. The van der Waals surface area contributed by atoms with Gasteiger partial charge in [0.25, 0.3) is 0 Å². The average Bonchev–Trinajstić information content (AvgIpc) is 2.16. The van der Waals surface area contributed by atoms with Gasteiger partial charge in [-0.3, -0.25) is 0 Å². The lowest BCUT2D eigenvalue weighted by atomic mass is 10.2. The molecule has 3 heteroatoms. The minimum absolute atomic E-state index is 0.308. The van der Waals surface area contributed by atoms with Gasteiger partial charge in [0.2, 0.25) is 0 Å². The van der Waals surface area contributed by atoms with Crippen LogP contribution in [0.1, 0.15) is 24.2 Å². The van der Waals surface area contributed by atoms with E-state index in [0.29, 0.717) is 11.6 Å². The Hall–Kier alpha value is -1.51. The number of methoxy groups -OCH3 is 1. The standard InChI is InChI=1S/C11H15NO2/c1-8(2)12-10-6-4-5-9(7-10)11(13)14-3/h4-8,12H,1-3H3. The Kier molecular flexibility index (Phi) is 3.51. The third-order valence-corrected chi connectivity index (χ3v) is 1.74. The normalized spacial score (nSPS) is 10.0. The fourth-order valence-corrected chi connectivity index (χ4v) is 1.19. The zero-order valence-corrected chi connectivity index (χ0v) is 8.70. The topological polar surface area (TPSA) is 38.3 Å². The van der Waals surface area contributed by atoms with E-state index in [-0.39, 0.29) is 5.97 Å². The molecule has 1 rings (SSSR count). The van der Waals surface area contributed by atoms with Crippen molar-refractivity contribution in [2.24, 2.45) is 0 Å². The minimum atomic E-state index is -0.308. The van der Waals surface area contributed by atoms with Crippen LogP contribution in [0, 0.1) is 0 Å². The summed E-state index contributed by atoms with van der Waals surface area (Å²) in [5.41, 5.74) is 1.50. The van der Waals surface area contributed by atoms with Gasteiger partial charge in [-0.25, -0.2) is 4.79 Å². The van der Waals surface area contributed by atoms with Crippen LogP contribution in [0.15, 0.2) is 24.3 Å². The van der Waals surface area contributed by atoms with Crippen LogP contribution in [0.4, 0.5) is 5.69 Å². The van der Waals surface area contributed by atoms with Crippen molar-refractivity contribution < 1.29 is 9.53 Å². The number of hydrogen-bond acceptors (Lipinski definition) is 3. The SMILES string of the molecule is COC(=O)c1cccc(NC(C)C)c1. The highest BCUT2D eigenvalue weighted by Crippen LogP contribution is 2.12. The molecule has 0 fully saturated rings. The number of rotatable bonds is 3. The number of esters is 1. The molecule has 0 spiro atoms. The zero-order chi connectivity index (χ0) is 10.6. The van der Waals surface area contributed by atoms with Gasteiger partial charge < -0.3 is 10.1 Å². The molecule has 0 aliphatic carbocycles. The van der Waals surface area contributed by atoms with E-state index in [2.05, 4.69) is 10.1 Å². The molecule has 0 heterocycles. The van der Waals surface area contributed by atoms with Gasteiger partial charge in [-0.1, -0.05) is 6.07 Å². The van der Waals surface area contributed by atoms with Gasteiger partial charge in [0.05, 0.1) is 12.7 Å². The molecule has 14 heavy (non-hydrogen) atoms. The first-order valence-electron chi connectivity index (χ1n) is 4.58. The van der Waals surface area contributed by atoms with Crippen LogP contribution < -0.4 is 5.32 Å². The highest BCUT2D eigenvalue weighted by molar-refractivity contribution is 5.90. The monoisotopic (exact) mass is 193 g/mol. The molecule has 0 saturated heterocycles. The lowest BCUT2D eigenvalue weighted by molar-refractivity contribution is 0.0601. The van der Waals surface area contributed by atoms with Crippen LogP contribution in [-0.2, 0) is 4.74 Å². The average molecular weight is 193 g/mol. The van der Waals surface area contributed by atoms with Crippen LogP contribution in [0.5, 0.6) is 0 Å². The summed E-state index contributed by atoms with van der Waals surface area (Å²) in [5, 5.41) is 3.22. The molecular weight excluding hydrogens is 178 g/mol. The molecule has 1 aromatic carbocycles. The first kappa shape index (κ1) is 10.6. The van der Waals surface area contributed by atoms with Gasteiger partial charge in [0, 0.05) is 11.7 Å². The van der Waals surface area contributed by atoms with E-state index in [1.165, 1.54) is 7.11 Å². The van der Waals surface area contributed by atoms with Gasteiger partial charge >= 0.3 is 5.97 Å². The summed E-state index contributed by atoms with van der Waals surface area (Å²) in [5.74, 6) is -0.308. The maximum absolute atomic E-state index is 11.2. The number of anilines is 1. The Balaban J connectivity index is 2.84. The molecule has 0 unspecified atom stereocenters. The third-order valence-electron chi connectivity index (χ3n) is 1.74. The summed E-state index contributed by atoms with van der Waals surface area (Å²) in [6, 6.07) is 7.62. The number of benzene rings is 1. The second kappa shape index (κ2) is 4.65. The Labute approximate surface area is 84.1 Å². The summed E-state index contributed by atoms with van der Waals surface area (Å²) < 4.78 is 4.63. The lowest BCUT2D eigenvalue weighted by Crippen LogP contribution is -2.10. The summed E-state index contributed by atoms with van der Waals surface area (Å²) in [4.78, 5) is 11.2. The Morgan fingerprint density at radius 2 is 2.14 bits per heavy atom. The first-order chi connectivity index (χ1) is 6.63. The molecule has 76 valence electrons. The highest BCUT2D eigenvalue weighted by atomic mass is 16.5. The van der Waals surface area contributed by atoms with Gasteiger partial charge in [0.15, 0.2) is 0 Å². The molecule has 0 aliphatic rings. The molecule has 3 nitrogen and oxygen atoms in total. The van der Waals surface area contributed by atoms with Gasteiger partial charge in [0.1, 0.15) is 0 Å². The molecule has 0 amide bonds. The second-order valence-corrected chi connectivity index (χ2v) is 3.37. The zero-order valence-electron chi connectivity index (χ0n) is 8.70. The molecule has 0 radical (unpaired) electrons. The molecule has 0 aromatic heterocycles. The van der Waals surface area contributed by atoms with Crippen molar-refractivity contribution in [2.45, 2.75) is 19.9 Å². The summed E-state index contributed by atoms with van der Waals surface area (Å²) in [6.45, 7) is 4.09. The van der Waals surface area contributed by atoms with Crippen molar-refractivity contribution >= 4 is 11.7 Å². The van der Waals surface area contributed by atoms with E-state index in [1.807, 2.05) is 26.0 Å². The van der Waals surface area contributed by atoms with Crippen molar-refractivity contribution in [1.82, 2.24) is 0 Å². The van der Waals surface area contributed by atoms with E-state index < -0.39 is 0 Å². The maximum atomic E-state index is 11.2. The quantitative estimate of drug-likeness (QED) is 0.748. The van der Waals surface area contributed by atoms with Crippen LogP contribution in [0.3, 0.4) is 0 Å². The highest BCUT2D eigenvalue weighted by Gasteiger charge is 2.05. The van der Waals surface area contributed by atoms with Crippen LogP contribution in [-0.4, -0.2) is 19.1 Å². The largest absolute Gasteiger partial charge is 0.465 e.